The van der Waals surface area contributed by atoms with E-state index in [0.29, 0.717) is 12.3 Å². The lowest BCUT2D eigenvalue weighted by Crippen LogP contribution is -2.16. The van der Waals surface area contributed by atoms with E-state index in [9.17, 15) is 4.79 Å². The minimum Gasteiger partial charge on any atom is -0.475 e. The van der Waals surface area contributed by atoms with Crippen LogP contribution in [0.25, 0.3) is 10.8 Å². The van der Waals surface area contributed by atoms with Gasteiger partial charge in [-0.25, -0.2) is 4.79 Å². The maximum Gasteiger partial charge on any atom is 0.371 e. The second-order valence-corrected chi connectivity index (χ2v) is 4.93. The van der Waals surface area contributed by atoms with E-state index in [0.717, 1.165) is 11.1 Å². The van der Waals surface area contributed by atoms with Gasteiger partial charge in [-0.3, -0.25) is 0 Å². The first-order valence-corrected chi connectivity index (χ1v) is 6.66. The Hall–Kier alpha value is -2.75. The van der Waals surface area contributed by atoms with Crippen molar-refractivity contribution >= 4 is 22.4 Å². The zero-order valence-electron chi connectivity index (χ0n) is 11.6. The molecule has 4 nitrogen and oxygen atoms in total. The fraction of sp³-hybridized carbons (Fsp3) is 0.118. The predicted molar refractivity (Wildman–Crippen MR) is 81.7 cm³/mol. The van der Waals surface area contributed by atoms with Gasteiger partial charge in [-0.2, -0.15) is 0 Å². The van der Waals surface area contributed by atoms with Crippen molar-refractivity contribution in [3.05, 3.63) is 66.1 Å². The maximum absolute atomic E-state index is 10.8. The minimum atomic E-state index is -1.05. The average Bonchev–Trinajstić information content (AvgIpc) is 2.95. The van der Waals surface area contributed by atoms with Crippen LogP contribution in [0.5, 0.6) is 0 Å². The molecule has 1 N–H and O–H groups in total. The van der Waals surface area contributed by atoms with E-state index in [-0.39, 0.29) is 5.76 Å². The topological polar surface area (TPSA) is 53.7 Å². The van der Waals surface area contributed by atoms with Gasteiger partial charge in [0, 0.05) is 18.1 Å². The molecule has 3 rings (SSSR count). The molecule has 0 radical (unpaired) electrons. The standard InChI is InChI=1S/C17H15NO3/c1-18(11-13-9-10-16(21-13)17(19)20)15-8-4-6-12-5-2-3-7-14(12)15/h2-10H,11H2,1H3,(H,19,20). The summed E-state index contributed by atoms with van der Waals surface area (Å²) in [7, 11) is 1.96. The quantitative estimate of drug-likeness (QED) is 0.791. The summed E-state index contributed by atoms with van der Waals surface area (Å²) in [4.78, 5) is 12.9. The van der Waals surface area contributed by atoms with Gasteiger partial charge in [-0.15, -0.1) is 0 Å². The number of nitrogens with zero attached hydrogens (tertiary/aromatic N) is 1. The summed E-state index contributed by atoms with van der Waals surface area (Å²) in [5.74, 6) is -0.451. The highest BCUT2D eigenvalue weighted by Gasteiger charge is 2.12. The number of benzene rings is 2. The van der Waals surface area contributed by atoms with Crippen LogP contribution < -0.4 is 4.90 Å². The van der Waals surface area contributed by atoms with Gasteiger partial charge in [-0.1, -0.05) is 36.4 Å². The lowest BCUT2D eigenvalue weighted by atomic mass is 10.1. The number of aromatic carboxylic acids is 1. The largest absolute Gasteiger partial charge is 0.475 e. The number of carboxylic acids is 1. The molecule has 0 amide bonds. The molecule has 0 saturated carbocycles. The van der Waals surface area contributed by atoms with E-state index in [1.54, 1.807) is 6.07 Å². The van der Waals surface area contributed by atoms with Crippen molar-refractivity contribution in [2.75, 3.05) is 11.9 Å². The molecular formula is C17H15NO3. The minimum absolute atomic E-state index is 0.0312. The van der Waals surface area contributed by atoms with Crippen molar-refractivity contribution in [2.45, 2.75) is 6.54 Å². The molecule has 21 heavy (non-hydrogen) atoms. The molecule has 0 aliphatic carbocycles. The first-order valence-electron chi connectivity index (χ1n) is 6.66. The Kier molecular flexibility index (Phi) is 3.36. The Morgan fingerprint density at radius 2 is 1.86 bits per heavy atom. The zero-order chi connectivity index (χ0) is 14.8. The van der Waals surface area contributed by atoms with Crippen molar-refractivity contribution in [1.82, 2.24) is 0 Å². The zero-order valence-corrected chi connectivity index (χ0v) is 11.6. The van der Waals surface area contributed by atoms with Gasteiger partial charge in [0.15, 0.2) is 0 Å². The maximum atomic E-state index is 10.8. The van der Waals surface area contributed by atoms with Crippen LogP contribution in [-0.2, 0) is 6.54 Å². The molecule has 106 valence electrons. The molecule has 0 aliphatic rings. The SMILES string of the molecule is CN(Cc1ccc(C(=O)O)o1)c1cccc2ccccc12. The van der Waals surface area contributed by atoms with E-state index >= 15 is 0 Å². The fourth-order valence-corrected chi connectivity index (χ4v) is 2.44. The normalized spacial score (nSPS) is 10.7. The summed E-state index contributed by atoms with van der Waals surface area (Å²) < 4.78 is 5.31. The number of carbonyl (C=O) groups is 1. The van der Waals surface area contributed by atoms with E-state index in [2.05, 4.69) is 18.2 Å². The van der Waals surface area contributed by atoms with E-state index in [1.807, 2.05) is 36.2 Å². The van der Waals surface area contributed by atoms with Gasteiger partial charge in [0.2, 0.25) is 5.76 Å². The van der Waals surface area contributed by atoms with Crippen molar-refractivity contribution in [3.8, 4) is 0 Å². The number of carboxylic acid groups (broad SMARTS) is 1. The predicted octanol–water partition coefficient (Wildman–Crippen LogP) is 3.77. The van der Waals surface area contributed by atoms with Crippen LogP contribution in [0.15, 0.2) is 59.0 Å². The van der Waals surface area contributed by atoms with Crippen molar-refractivity contribution in [3.63, 3.8) is 0 Å². The highest BCUT2D eigenvalue weighted by atomic mass is 16.4. The average molecular weight is 281 g/mol. The number of furan rings is 1. The molecule has 3 aromatic rings. The highest BCUT2D eigenvalue weighted by molar-refractivity contribution is 5.94. The Morgan fingerprint density at radius 1 is 1.10 bits per heavy atom. The van der Waals surface area contributed by atoms with Crippen LogP contribution in [0.3, 0.4) is 0 Å². The third-order valence-electron chi connectivity index (χ3n) is 3.44. The molecule has 0 atom stereocenters. The van der Waals surface area contributed by atoms with Crippen molar-refractivity contribution < 1.29 is 14.3 Å². The van der Waals surface area contributed by atoms with Crippen LogP contribution in [0.2, 0.25) is 0 Å². The Bertz CT molecular complexity index is 786. The van der Waals surface area contributed by atoms with Gasteiger partial charge in [0.1, 0.15) is 5.76 Å². The molecule has 2 aromatic carbocycles. The molecule has 0 spiro atoms. The third-order valence-corrected chi connectivity index (χ3v) is 3.44. The smallest absolute Gasteiger partial charge is 0.371 e. The molecule has 0 unspecified atom stereocenters. The van der Waals surface area contributed by atoms with Crippen molar-refractivity contribution in [1.29, 1.82) is 0 Å². The third kappa shape index (κ3) is 2.60. The molecule has 0 aliphatic heterocycles. The van der Waals surface area contributed by atoms with Gasteiger partial charge < -0.3 is 14.4 Å². The first-order chi connectivity index (χ1) is 10.1. The summed E-state index contributed by atoms with van der Waals surface area (Å²) in [6, 6.07) is 17.5. The number of fused-ring (bicyclic) bond motifs is 1. The summed E-state index contributed by atoms with van der Waals surface area (Å²) in [5.41, 5.74) is 1.08. The number of hydrogen-bond donors (Lipinski definition) is 1. The van der Waals surface area contributed by atoms with Crippen LogP contribution in [-0.4, -0.2) is 18.1 Å². The Labute approximate surface area is 122 Å². The van der Waals surface area contributed by atoms with Crippen LogP contribution in [0, 0.1) is 0 Å². The Morgan fingerprint density at radius 3 is 2.62 bits per heavy atom. The van der Waals surface area contributed by atoms with Gasteiger partial charge in [-0.05, 0) is 23.6 Å². The molecule has 0 bridgehead atoms. The van der Waals surface area contributed by atoms with Gasteiger partial charge >= 0.3 is 5.97 Å². The molecule has 0 saturated heterocycles. The molecule has 0 fully saturated rings. The van der Waals surface area contributed by atoms with Gasteiger partial charge in [0.05, 0.1) is 6.54 Å². The first kappa shape index (κ1) is 13.2. The van der Waals surface area contributed by atoms with E-state index < -0.39 is 5.97 Å². The van der Waals surface area contributed by atoms with Crippen LogP contribution >= 0.6 is 0 Å². The van der Waals surface area contributed by atoms with Gasteiger partial charge in [0.25, 0.3) is 0 Å². The van der Waals surface area contributed by atoms with Crippen LogP contribution in [0.4, 0.5) is 5.69 Å². The summed E-state index contributed by atoms with van der Waals surface area (Å²) in [6.45, 7) is 0.515. The Balaban J connectivity index is 1.89. The molecule has 1 heterocycles. The monoisotopic (exact) mass is 281 g/mol. The van der Waals surface area contributed by atoms with Crippen LogP contribution in [0.1, 0.15) is 16.3 Å². The van der Waals surface area contributed by atoms with Crippen molar-refractivity contribution in [2.24, 2.45) is 0 Å². The molecular weight excluding hydrogens is 266 g/mol. The number of rotatable bonds is 4. The lowest BCUT2D eigenvalue weighted by Gasteiger charge is -2.20. The number of hydrogen-bond acceptors (Lipinski definition) is 3. The second-order valence-electron chi connectivity index (χ2n) is 4.93. The number of anilines is 1. The second kappa shape index (κ2) is 5.32. The highest BCUT2D eigenvalue weighted by Crippen LogP contribution is 2.27. The van der Waals surface area contributed by atoms with E-state index in [4.69, 9.17) is 9.52 Å². The molecule has 4 heteroatoms. The molecule has 1 aromatic heterocycles. The van der Waals surface area contributed by atoms with E-state index in [1.165, 1.54) is 11.5 Å². The lowest BCUT2D eigenvalue weighted by molar-refractivity contribution is 0.0660. The fourth-order valence-electron chi connectivity index (χ4n) is 2.44. The summed E-state index contributed by atoms with van der Waals surface area (Å²) >= 11 is 0. The summed E-state index contributed by atoms with van der Waals surface area (Å²) in [6.07, 6.45) is 0. The summed E-state index contributed by atoms with van der Waals surface area (Å²) in [5, 5.41) is 11.2.